The van der Waals surface area contributed by atoms with Crippen LogP contribution in [0.15, 0.2) is 12.2 Å². The van der Waals surface area contributed by atoms with E-state index in [0.29, 0.717) is 6.42 Å². The first-order valence-corrected chi connectivity index (χ1v) is 7.21. The molecular weight excluding hydrogens is 303 g/mol. The molecule has 4 unspecified atom stereocenters. The average molecular weight is 313 g/mol. The summed E-state index contributed by atoms with van der Waals surface area (Å²) < 4.78 is 58.7. The molecule has 2 bridgehead atoms. The molecule has 1 saturated carbocycles. The molecule has 20 heavy (non-hydrogen) atoms. The average Bonchev–Trinajstić information content (AvgIpc) is 2.97. The molecule has 6 nitrogen and oxygen atoms in total. The number of carbonyl (C=O) groups is 2. The fourth-order valence-corrected chi connectivity index (χ4v) is 3.53. The Balaban J connectivity index is 1.84. The summed E-state index contributed by atoms with van der Waals surface area (Å²) in [5.41, 5.74) is -5.47. The van der Waals surface area contributed by atoms with Crippen LogP contribution in [0.1, 0.15) is 6.42 Å². The van der Waals surface area contributed by atoms with Gasteiger partial charge in [0.15, 0.2) is 0 Å². The third-order valence-electron chi connectivity index (χ3n) is 3.91. The van der Waals surface area contributed by atoms with Gasteiger partial charge < -0.3 is 0 Å². The quantitative estimate of drug-likeness (QED) is 0.601. The number of halogens is 3. The molecule has 1 saturated heterocycles. The minimum Gasteiger partial charge on any atom is -0.300 e. The van der Waals surface area contributed by atoms with Crippen molar-refractivity contribution in [2.24, 2.45) is 23.7 Å². The molecule has 2 N–H and O–H groups in total. The number of hydrogen-bond donors (Lipinski definition) is 2. The Hall–Kier alpha value is -1.10. The number of alkyl halides is 3. The Morgan fingerprint density at radius 1 is 1.15 bits per heavy atom. The van der Waals surface area contributed by atoms with Gasteiger partial charge in [-0.25, -0.2) is 0 Å². The number of nitrogens with zero attached hydrogens (tertiary/aromatic N) is 1. The number of carbonyl (C=O) groups excluding carboxylic acids is 2. The minimum atomic E-state index is -5.53. The van der Waals surface area contributed by atoms with Gasteiger partial charge >= 0.3 is 5.51 Å². The molecule has 1 heterocycles. The van der Waals surface area contributed by atoms with Gasteiger partial charge in [-0.2, -0.15) is 17.5 Å². The van der Waals surface area contributed by atoms with E-state index in [2.05, 4.69) is 4.28 Å². The number of amides is 2. The molecule has 3 rings (SSSR count). The molecule has 2 fully saturated rings. The van der Waals surface area contributed by atoms with Gasteiger partial charge in [0.25, 0.3) is 11.8 Å². The highest BCUT2D eigenvalue weighted by molar-refractivity contribution is 8.20. The number of imide groups is 1. The molecule has 0 spiro atoms. The van der Waals surface area contributed by atoms with Crippen LogP contribution in [0.4, 0.5) is 13.2 Å². The summed E-state index contributed by atoms with van der Waals surface area (Å²) in [6, 6.07) is 0. The van der Waals surface area contributed by atoms with E-state index in [1.807, 2.05) is 0 Å². The van der Waals surface area contributed by atoms with Gasteiger partial charge in [0, 0.05) is 0 Å². The fraction of sp³-hybridized carbons (Fsp3) is 0.600. The third-order valence-corrected chi connectivity index (χ3v) is 4.87. The van der Waals surface area contributed by atoms with Crippen LogP contribution in [0.5, 0.6) is 0 Å². The SMILES string of the molecule is O=C1C2C3C=CC(C3)C2C(=O)N1OS(O)(O)C(F)(F)F. The van der Waals surface area contributed by atoms with E-state index in [0.717, 1.165) is 0 Å². The van der Waals surface area contributed by atoms with Crippen molar-refractivity contribution in [3.63, 3.8) is 0 Å². The first-order chi connectivity index (χ1) is 9.13. The summed E-state index contributed by atoms with van der Waals surface area (Å²) in [6.45, 7) is 0. The predicted octanol–water partition coefficient (Wildman–Crippen LogP) is 1.91. The summed E-state index contributed by atoms with van der Waals surface area (Å²) in [7, 11) is -5.53. The van der Waals surface area contributed by atoms with Crippen LogP contribution in [0, 0.1) is 23.7 Å². The van der Waals surface area contributed by atoms with E-state index in [9.17, 15) is 22.8 Å². The van der Waals surface area contributed by atoms with Gasteiger partial charge in [0.05, 0.1) is 11.8 Å². The second-order valence-electron chi connectivity index (χ2n) is 4.99. The summed E-state index contributed by atoms with van der Waals surface area (Å²) >= 11 is 0. The van der Waals surface area contributed by atoms with E-state index in [1.165, 1.54) is 0 Å². The summed E-state index contributed by atoms with van der Waals surface area (Å²) in [4.78, 5) is 23.9. The molecule has 0 aromatic rings. The number of allylic oxidation sites excluding steroid dienone is 2. The Morgan fingerprint density at radius 3 is 2.00 bits per heavy atom. The second kappa shape index (κ2) is 3.97. The zero-order valence-corrected chi connectivity index (χ0v) is 10.6. The maximum Gasteiger partial charge on any atom is 0.495 e. The largest absolute Gasteiger partial charge is 0.495 e. The maximum absolute atomic E-state index is 12.3. The van der Waals surface area contributed by atoms with Gasteiger partial charge in [0.1, 0.15) is 0 Å². The first kappa shape index (κ1) is 13.9. The van der Waals surface area contributed by atoms with Crippen molar-refractivity contribution in [3.8, 4) is 0 Å². The highest BCUT2D eigenvalue weighted by Crippen LogP contribution is 2.59. The smallest absolute Gasteiger partial charge is 0.300 e. The van der Waals surface area contributed by atoms with E-state index < -0.39 is 40.0 Å². The summed E-state index contributed by atoms with van der Waals surface area (Å²) in [5, 5.41) is -0.121. The maximum atomic E-state index is 12.3. The highest BCUT2D eigenvalue weighted by atomic mass is 32.3. The normalized spacial score (nSPS) is 37.0. The third kappa shape index (κ3) is 1.72. The molecular formula is C10H10F3NO5S. The van der Waals surface area contributed by atoms with Crippen molar-refractivity contribution < 1.29 is 36.1 Å². The topological polar surface area (TPSA) is 87.1 Å². The monoisotopic (exact) mass is 313 g/mol. The molecule has 0 radical (unpaired) electrons. The van der Waals surface area contributed by atoms with Crippen LogP contribution in [0.3, 0.4) is 0 Å². The van der Waals surface area contributed by atoms with Gasteiger partial charge in [-0.3, -0.25) is 18.7 Å². The lowest BCUT2D eigenvalue weighted by atomic mass is 9.85. The summed E-state index contributed by atoms with van der Waals surface area (Å²) in [5.74, 6) is -3.82. The van der Waals surface area contributed by atoms with Crippen molar-refractivity contribution in [3.05, 3.63) is 12.2 Å². The lowest BCUT2D eigenvalue weighted by Gasteiger charge is -2.30. The number of rotatable bonds is 2. The molecule has 4 atom stereocenters. The Morgan fingerprint density at radius 2 is 1.60 bits per heavy atom. The van der Waals surface area contributed by atoms with Crippen LogP contribution in [-0.4, -0.2) is 31.5 Å². The van der Waals surface area contributed by atoms with Gasteiger partial charge in [0.2, 0.25) is 10.9 Å². The lowest BCUT2D eigenvalue weighted by molar-refractivity contribution is -0.172. The second-order valence-corrected chi connectivity index (χ2v) is 6.59. The van der Waals surface area contributed by atoms with E-state index in [-0.39, 0.29) is 16.9 Å². The van der Waals surface area contributed by atoms with Crippen molar-refractivity contribution in [1.29, 1.82) is 0 Å². The molecule has 112 valence electrons. The standard InChI is InChI=1S/C10H10F3NO5S/c11-10(12,13)20(17,18)19-14-8(15)6-4-1-2-5(3-4)7(6)9(14)16/h1-2,4-7,17-18H,3H2. The number of hydrogen-bond acceptors (Lipinski definition) is 5. The molecule has 2 aliphatic carbocycles. The Bertz CT molecular complexity index is 490. The Labute approximate surface area is 112 Å². The molecule has 10 heteroatoms. The molecule has 3 aliphatic rings. The minimum absolute atomic E-state index is 0.121. The fourth-order valence-electron chi connectivity index (χ4n) is 3.09. The molecule has 0 aromatic heterocycles. The number of fused-ring (bicyclic) bond motifs is 5. The van der Waals surface area contributed by atoms with Crippen LogP contribution in [0.25, 0.3) is 0 Å². The highest BCUT2D eigenvalue weighted by Gasteiger charge is 2.63. The van der Waals surface area contributed by atoms with Crippen LogP contribution in [-0.2, 0) is 13.9 Å². The van der Waals surface area contributed by atoms with E-state index in [1.54, 1.807) is 12.2 Å². The Kier molecular flexibility index (Phi) is 2.75. The zero-order chi connectivity index (χ0) is 14.9. The van der Waals surface area contributed by atoms with Crippen molar-refractivity contribution >= 4 is 22.7 Å². The van der Waals surface area contributed by atoms with Crippen LogP contribution < -0.4 is 0 Å². The van der Waals surface area contributed by atoms with Crippen molar-refractivity contribution in [2.45, 2.75) is 11.9 Å². The van der Waals surface area contributed by atoms with E-state index in [4.69, 9.17) is 9.11 Å². The van der Waals surface area contributed by atoms with Gasteiger partial charge in [-0.15, -0.1) is 5.06 Å². The van der Waals surface area contributed by atoms with E-state index >= 15 is 0 Å². The molecule has 2 amide bonds. The van der Waals surface area contributed by atoms with Gasteiger partial charge in [-0.05, 0) is 18.3 Å². The lowest BCUT2D eigenvalue weighted by Crippen LogP contribution is -2.37. The summed E-state index contributed by atoms with van der Waals surface area (Å²) in [6.07, 6.45) is 4.11. The molecule has 0 aromatic carbocycles. The van der Waals surface area contributed by atoms with Crippen molar-refractivity contribution in [2.75, 3.05) is 0 Å². The van der Waals surface area contributed by atoms with Crippen LogP contribution >= 0.6 is 10.9 Å². The van der Waals surface area contributed by atoms with Gasteiger partial charge in [-0.1, -0.05) is 12.2 Å². The predicted molar refractivity (Wildman–Crippen MR) is 59.6 cm³/mol. The number of hydroxylamine groups is 2. The first-order valence-electron chi connectivity index (χ1n) is 5.73. The van der Waals surface area contributed by atoms with Crippen molar-refractivity contribution in [1.82, 2.24) is 5.06 Å². The zero-order valence-electron chi connectivity index (χ0n) is 9.78. The van der Waals surface area contributed by atoms with Crippen LogP contribution in [0.2, 0.25) is 0 Å². The molecule has 1 aliphatic heterocycles.